The van der Waals surface area contributed by atoms with Gasteiger partial charge in [-0.3, -0.25) is 4.90 Å². The molecule has 0 aliphatic carbocycles. The zero-order valence-electron chi connectivity index (χ0n) is 12.8. The van der Waals surface area contributed by atoms with Crippen LogP contribution in [0.4, 0.5) is 0 Å². The predicted octanol–water partition coefficient (Wildman–Crippen LogP) is 2.51. The summed E-state index contributed by atoms with van der Waals surface area (Å²) >= 11 is 0. The Hall–Kier alpha value is -0.120. The molecule has 0 saturated carbocycles. The minimum absolute atomic E-state index is 0.496. The highest BCUT2D eigenvalue weighted by Gasteiger charge is 2.34. The van der Waals surface area contributed by atoms with E-state index in [0.717, 1.165) is 13.2 Å². The van der Waals surface area contributed by atoms with Gasteiger partial charge in [-0.15, -0.1) is 0 Å². The molecule has 1 rings (SSSR count). The number of nitrogens with zero attached hydrogens (tertiary/aromatic N) is 1. The van der Waals surface area contributed by atoms with E-state index < -0.39 is 0 Å². The van der Waals surface area contributed by atoms with Gasteiger partial charge in [0.05, 0.1) is 6.61 Å². The molecule has 1 fully saturated rings. The van der Waals surface area contributed by atoms with Crippen molar-refractivity contribution in [3.63, 3.8) is 0 Å². The van der Waals surface area contributed by atoms with Crippen LogP contribution in [0.3, 0.4) is 0 Å². The van der Waals surface area contributed by atoms with Gasteiger partial charge in [0.2, 0.25) is 0 Å². The van der Waals surface area contributed by atoms with Crippen LogP contribution in [0.15, 0.2) is 0 Å². The molecule has 1 heterocycles. The van der Waals surface area contributed by atoms with Crippen LogP contribution in [-0.4, -0.2) is 50.8 Å². The molecule has 108 valence electrons. The van der Waals surface area contributed by atoms with Crippen LogP contribution in [-0.2, 0) is 4.74 Å². The zero-order chi connectivity index (χ0) is 13.4. The predicted molar refractivity (Wildman–Crippen MR) is 78.0 cm³/mol. The van der Waals surface area contributed by atoms with Crippen molar-refractivity contribution in [3.8, 4) is 0 Å². The maximum absolute atomic E-state index is 5.29. The first-order valence-corrected chi connectivity index (χ1v) is 7.65. The summed E-state index contributed by atoms with van der Waals surface area (Å²) in [5.74, 6) is 0. The van der Waals surface area contributed by atoms with Crippen molar-refractivity contribution in [1.82, 2.24) is 10.2 Å². The molecular formula is C15H32N2O. The SMILES string of the molecule is CCC(CC)N(CCOC)CC1(CC)CCNC1. The molecule has 1 N–H and O–H groups in total. The van der Waals surface area contributed by atoms with Gasteiger partial charge in [-0.05, 0) is 37.6 Å². The highest BCUT2D eigenvalue weighted by atomic mass is 16.5. The Bertz CT molecular complexity index is 211. The normalized spacial score (nSPS) is 24.3. The molecule has 0 amide bonds. The summed E-state index contributed by atoms with van der Waals surface area (Å²) in [5, 5.41) is 3.54. The zero-order valence-corrected chi connectivity index (χ0v) is 12.8. The average molecular weight is 256 g/mol. The van der Waals surface area contributed by atoms with Gasteiger partial charge in [-0.1, -0.05) is 20.8 Å². The van der Waals surface area contributed by atoms with E-state index in [2.05, 4.69) is 31.0 Å². The Morgan fingerprint density at radius 3 is 2.44 bits per heavy atom. The van der Waals surface area contributed by atoms with Gasteiger partial charge in [0.1, 0.15) is 0 Å². The second-order valence-electron chi connectivity index (χ2n) is 5.71. The summed E-state index contributed by atoms with van der Waals surface area (Å²) < 4.78 is 5.29. The topological polar surface area (TPSA) is 24.5 Å². The van der Waals surface area contributed by atoms with Crippen molar-refractivity contribution in [3.05, 3.63) is 0 Å². The van der Waals surface area contributed by atoms with Crippen LogP contribution in [0.25, 0.3) is 0 Å². The van der Waals surface area contributed by atoms with Gasteiger partial charge < -0.3 is 10.1 Å². The van der Waals surface area contributed by atoms with Crippen LogP contribution < -0.4 is 5.32 Å². The fraction of sp³-hybridized carbons (Fsp3) is 1.00. The van der Waals surface area contributed by atoms with E-state index in [1.807, 2.05) is 0 Å². The van der Waals surface area contributed by atoms with Gasteiger partial charge in [-0.2, -0.15) is 0 Å². The third kappa shape index (κ3) is 4.22. The molecule has 0 spiro atoms. The van der Waals surface area contributed by atoms with E-state index in [-0.39, 0.29) is 0 Å². The molecule has 1 unspecified atom stereocenters. The van der Waals surface area contributed by atoms with Gasteiger partial charge >= 0.3 is 0 Å². The molecule has 3 nitrogen and oxygen atoms in total. The molecule has 0 bridgehead atoms. The van der Waals surface area contributed by atoms with Crippen molar-refractivity contribution in [1.29, 1.82) is 0 Å². The van der Waals surface area contributed by atoms with Gasteiger partial charge in [-0.25, -0.2) is 0 Å². The quantitative estimate of drug-likeness (QED) is 0.686. The molecule has 1 aliphatic heterocycles. The molecule has 0 aromatic carbocycles. The fourth-order valence-electron chi connectivity index (χ4n) is 3.18. The van der Waals surface area contributed by atoms with Crippen LogP contribution in [0.1, 0.15) is 46.5 Å². The minimum Gasteiger partial charge on any atom is -0.383 e. The van der Waals surface area contributed by atoms with Gasteiger partial charge in [0.25, 0.3) is 0 Å². The van der Waals surface area contributed by atoms with Crippen molar-refractivity contribution in [2.45, 2.75) is 52.5 Å². The van der Waals surface area contributed by atoms with Gasteiger partial charge in [0.15, 0.2) is 0 Å². The minimum atomic E-state index is 0.496. The number of ether oxygens (including phenoxy) is 1. The summed E-state index contributed by atoms with van der Waals surface area (Å²) in [5.41, 5.74) is 0.496. The third-order valence-electron chi connectivity index (χ3n) is 4.66. The standard InChI is InChI=1S/C15H32N2O/c1-5-14(6-2)17(10-11-18-4)13-15(7-3)8-9-16-12-15/h14,16H,5-13H2,1-4H3. The molecule has 1 saturated heterocycles. The van der Waals surface area contributed by atoms with Crippen molar-refractivity contribution in [2.24, 2.45) is 5.41 Å². The first kappa shape index (κ1) is 15.9. The van der Waals surface area contributed by atoms with E-state index in [4.69, 9.17) is 4.74 Å². The van der Waals surface area contributed by atoms with Crippen molar-refractivity contribution in [2.75, 3.05) is 39.9 Å². The van der Waals surface area contributed by atoms with Crippen LogP contribution >= 0.6 is 0 Å². The summed E-state index contributed by atoms with van der Waals surface area (Å²) in [4.78, 5) is 2.67. The lowest BCUT2D eigenvalue weighted by molar-refractivity contribution is 0.0745. The van der Waals surface area contributed by atoms with Crippen molar-refractivity contribution < 1.29 is 4.74 Å². The molecule has 0 radical (unpaired) electrons. The first-order valence-electron chi connectivity index (χ1n) is 7.65. The Labute approximate surface area is 113 Å². The van der Waals surface area contributed by atoms with Crippen LogP contribution in [0.2, 0.25) is 0 Å². The summed E-state index contributed by atoms with van der Waals surface area (Å²) in [6, 6.07) is 0.712. The number of hydrogen-bond acceptors (Lipinski definition) is 3. The first-order chi connectivity index (χ1) is 8.71. The number of nitrogens with one attached hydrogen (secondary N) is 1. The smallest absolute Gasteiger partial charge is 0.0589 e. The Balaban J connectivity index is 2.63. The van der Waals surface area contributed by atoms with Crippen LogP contribution in [0.5, 0.6) is 0 Å². The third-order valence-corrected chi connectivity index (χ3v) is 4.66. The van der Waals surface area contributed by atoms with Gasteiger partial charge in [0, 0.05) is 32.8 Å². The maximum atomic E-state index is 5.29. The Morgan fingerprint density at radius 1 is 1.28 bits per heavy atom. The monoisotopic (exact) mass is 256 g/mol. The highest BCUT2D eigenvalue weighted by Crippen LogP contribution is 2.31. The largest absolute Gasteiger partial charge is 0.383 e. The number of rotatable bonds is 9. The molecule has 1 atom stereocenters. The van der Waals surface area contributed by atoms with E-state index in [1.54, 1.807) is 7.11 Å². The second-order valence-corrected chi connectivity index (χ2v) is 5.71. The highest BCUT2D eigenvalue weighted by molar-refractivity contribution is 4.90. The summed E-state index contributed by atoms with van der Waals surface area (Å²) in [6.07, 6.45) is 5.09. The maximum Gasteiger partial charge on any atom is 0.0589 e. The molecule has 0 aromatic rings. The number of methoxy groups -OCH3 is 1. The van der Waals surface area contributed by atoms with E-state index in [0.29, 0.717) is 11.5 Å². The second kappa shape index (κ2) is 8.13. The lowest BCUT2D eigenvalue weighted by Crippen LogP contribution is -2.45. The molecular weight excluding hydrogens is 224 g/mol. The number of hydrogen-bond donors (Lipinski definition) is 1. The summed E-state index contributed by atoms with van der Waals surface area (Å²) in [7, 11) is 1.80. The van der Waals surface area contributed by atoms with Crippen molar-refractivity contribution >= 4 is 0 Å². The average Bonchev–Trinajstić information content (AvgIpc) is 2.86. The van der Waals surface area contributed by atoms with E-state index in [1.165, 1.54) is 45.3 Å². The fourth-order valence-corrected chi connectivity index (χ4v) is 3.18. The summed E-state index contributed by atoms with van der Waals surface area (Å²) in [6.45, 7) is 12.5. The molecule has 3 heteroatoms. The van der Waals surface area contributed by atoms with E-state index in [9.17, 15) is 0 Å². The molecule has 1 aliphatic rings. The van der Waals surface area contributed by atoms with Crippen LogP contribution in [0, 0.1) is 5.41 Å². The molecule has 0 aromatic heterocycles. The lowest BCUT2D eigenvalue weighted by atomic mass is 9.83. The van der Waals surface area contributed by atoms with E-state index >= 15 is 0 Å². The Kier molecular flexibility index (Phi) is 7.20. The lowest BCUT2D eigenvalue weighted by Gasteiger charge is -2.38. The Morgan fingerprint density at radius 2 is 2.00 bits per heavy atom. The molecule has 18 heavy (non-hydrogen) atoms.